The van der Waals surface area contributed by atoms with Crippen LogP contribution in [-0.2, 0) is 11.2 Å². The van der Waals surface area contributed by atoms with Gasteiger partial charge in [-0.1, -0.05) is 12.1 Å². The minimum absolute atomic E-state index is 0.139. The summed E-state index contributed by atoms with van der Waals surface area (Å²) in [5.41, 5.74) is 12.3. The van der Waals surface area contributed by atoms with Crippen LogP contribution in [0.2, 0.25) is 0 Å². The highest BCUT2D eigenvalue weighted by atomic mass is 16.2. The molecule has 11 heteroatoms. The van der Waals surface area contributed by atoms with Gasteiger partial charge in [-0.05, 0) is 68.3 Å². The SMILES string of the molecule is CC(C)(N)C(=O)N1CCN(C(=O)Nc2ccn(-c3ccc(CCN4C[C@@H]5C(CN)[C@@H]5C4)cc3)c(=O)n2)CC1. The van der Waals surface area contributed by atoms with Crippen LogP contribution in [-0.4, -0.2) is 94.1 Å². The molecule has 38 heavy (non-hydrogen) atoms. The predicted molar refractivity (Wildman–Crippen MR) is 145 cm³/mol. The maximum absolute atomic E-state index is 12.7. The molecule has 2 saturated heterocycles. The number of nitrogens with one attached hydrogen (secondary N) is 1. The lowest BCUT2D eigenvalue weighted by Gasteiger charge is -2.37. The molecule has 0 bridgehead atoms. The molecule has 1 aliphatic carbocycles. The summed E-state index contributed by atoms with van der Waals surface area (Å²) in [5.74, 6) is 2.41. The third kappa shape index (κ3) is 5.59. The van der Waals surface area contributed by atoms with Crippen LogP contribution in [0.4, 0.5) is 10.6 Å². The third-order valence-corrected chi connectivity index (χ3v) is 8.09. The normalized spacial score (nSPS) is 23.3. The van der Waals surface area contributed by atoms with Crippen molar-refractivity contribution in [3.63, 3.8) is 0 Å². The molecule has 1 unspecified atom stereocenters. The molecule has 5 rings (SSSR count). The Kier molecular flexibility index (Phi) is 7.26. The number of rotatable bonds is 7. The van der Waals surface area contributed by atoms with Crippen LogP contribution in [0, 0.1) is 17.8 Å². The number of hydrogen-bond acceptors (Lipinski definition) is 7. The molecule has 1 saturated carbocycles. The average Bonchev–Trinajstić information content (AvgIpc) is 3.38. The van der Waals surface area contributed by atoms with Gasteiger partial charge in [0.15, 0.2) is 0 Å². The lowest BCUT2D eigenvalue weighted by atomic mass is 10.1. The van der Waals surface area contributed by atoms with Crippen molar-refractivity contribution in [2.75, 3.05) is 57.7 Å². The number of aromatic nitrogens is 2. The van der Waals surface area contributed by atoms with Gasteiger partial charge in [0.05, 0.1) is 11.2 Å². The first-order valence-electron chi connectivity index (χ1n) is 13.4. The standard InChI is InChI=1S/C27H38N8O3/c1-27(2,29)24(36)33-11-13-34(14-12-33)25(37)30-23-8-10-35(26(38)31-23)19-5-3-18(4-6-19)7-9-32-16-21-20(15-28)22(21)17-32/h3-6,8,10,20-22H,7,9,11-17,28-29H2,1-2H3,(H,30,31,37,38)/t20?,21-,22+. The number of benzene rings is 1. The van der Waals surface area contributed by atoms with Gasteiger partial charge in [0, 0.05) is 52.0 Å². The third-order valence-electron chi connectivity index (χ3n) is 8.09. The number of likely N-dealkylation sites (tertiary alicyclic amines) is 1. The maximum atomic E-state index is 12.7. The average molecular weight is 523 g/mol. The zero-order valence-corrected chi connectivity index (χ0v) is 22.2. The number of carbonyl (C=O) groups is 2. The van der Waals surface area contributed by atoms with E-state index in [2.05, 4.69) is 15.2 Å². The Balaban J connectivity index is 1.11. The number of nitrogens with zero attached hydrogens (tertiary/aromatic N) is 5. The topological polar surface area (TPSA) is 143 Å². The number of fused-ring (bicyclic) bond motifs is 1. The number of amides is 3. The van der Waals surface area contributed by atoms with Gasteiger partial charge >= 0.3 is 11.7 Å². The first-order chi connectivity index (χ1) is 18.1. The van der Waals surface area contributed by atoms with Crippen LogP contribution in [0.3, 0.4) is 0 Å². The first kappa shape index (κ1) is 26.3. The Bertz CT molecular complexity index is 1220. The molecule has 1 aromatic heterocycles. The summed E-state index contributed by atoms with van der Waals surface area (Å²) in [5, 5.41) is 2.69. The zero-order valence-electron chi connectivity index (χ0n) is 22.2. The second kappa shape index (κ2) is 10.5. The van der Waals surface area contributed by atoms with Crippen LogP contribution in [0.25, 0.3) is 5.69 Å². The van der Waals surface area contributed by atoms with Crippen LogP contribution in [0.1, 0.15) is 19.4 Å². The van der Waals surface area contributed by atoms with E-state index in [9.17, 15) is 14.4 Å². The Hall–Kier alpha value is -3.28. The maximum Gasteiger partial charge on any atom is 0.354 e. The van der Waals surface area contributed by atoms with Gasteiger partial charge in [-0.2, -0.15) is 4.98 Å². The van der Waals surface area contributed by atoms with Crippen molar-refractivity contribution < 1.29 is 9.59 Å². The first-order valence-corrected chi connectivity index (χ1v) is 13.4. The number of urea groups is 1. The molecule has 3 amide bonds. The van der Waals surface area contributed by atoms with E-state index in [1.807, 2.05) is 24.3 Å². The minimum atomic E-state index is -0.943. The van der Waals surface area contributed by atoms with E-state index in [4.69, 9.17) is 11.5 Å². The van der Waals surface area contributed by atoms with Crippen LogP contribution >= 0.6 is 0 Å². The molecule has 3 atom stereocenters. The van der Waals surface area contributed by atoms with E-state index >= 15 is 0 Å². The van der Waals surface area contributed by atoms with Crippen molar-refractivity contribution in [2.24, 2.45) is 29.2 Å². The molecule has 5 N–H and O–H groups in total. The molecule has 2 aromatic rings. The highest BCUT2D eigenvalue weighted by Gasteiger charge is 2.54. The smallest absolute Gasteiger partial charge is 0.338 e. The Morgan fingerprint density at radius 3 is 2.24 bits per heavy atom. The molecular formula is C27H38N8O3. The van der Waals surface area contributed by atoms with Crippen LogP contribution < -0.4 is 22.5 Å². The largest absolute Gasteiger partial charge is 0.354 e. The fourth-order valence-corrected chi connectivity index (χ4v) is 5.76. The van der Waals surface area contributed by atoms with Gasteiger partial charge in [0.1, 0.15) is 5.82 Å². The summed E-state index contributed by atoms with van der Waals surface area (Å²) >= 11 is 0. The molecule has 0 spiro atoms. The summed E-state index contributed by atoms with van der Waals surface area (Å²) in [6.07, 6.45) is 2.59. The fourth-order valence-electron chi connectivity index (χ4n) is 5.76. The van der Waals surface area contributed by atoms with Gasteiger partial charge in [0.25, 0.3) is 0 Å². The minimum Gasteiger partial charge on any atom is -0.338 e. The van der Waals surface area contributed by atoms with Crippen molar-refractivity contribution in [2.45, 2.75) is 25.8 Å². The van der Waals surface area contributed by atoms with Crippen molar-refractivity contribution in [1.29, 1.82) is 0 Å². The Morgan fingerprint density at radius 1 is 1.03 bits per heavy atom. The second-order valence-electron chi connectivity index (χ2n) is 11.3. The van der Waals surface area contributed by atoms with Crippen molar-refractivity contribution in [3.8, 4) is 5.69 Å². The quantitative estimate of drug-likeness (QED) is 0.475. The lowest BCUT2D eigenvalue weighted by Crippen LogP contribution is -2.58. The summed E-state index contributed by atoms with van der Waals surface area (Å²) in [7, 11) is 0. The Labute approximate surface area is 222 Å². The molecule has 11 nitrogen and oxygen atoms in total. The molecule has 3 fully saturated rings. The van der Waals surface area contributed by atoms with E-state index in [0.717, 1.165) is 56.0 Å². The number of piperazine rings is 1. The van der Waals surface area contributed by atoms with E-state index in [0.29, 0.717) is 26.2 Å². The van der Waals surface area contributed by atoms with Crippen molar-refractivity contribution in [3.05, 3.63) is 52.6 Å². The van der Waals surface area contributed by atoms with Crippen LogP contribution in [0.15, 0.2) is 41.3 Å². The van der Waals surface area contributed by atoms with Crippen LogP contribution in [0.5, 0.6) is 0 Å². The van der Waals surface area contributed by atoms with E-state index in [1.54, 1.807) is 35.9 Å². The van der Waals surface area contributed by atoms with Crippen molar-refractivity contribution in [1.82, 2.24) is 24.3 Å². The van der Waals surface area contributed by atoms with Gasteiger partial charge in [-0.15, -0.1) is 0 Å². The molecule has 3 heterocycles. The molecule has 2 aliphatic heterocycles. The summed E-state index contributed by atoms with van der Waals surface area (Å²) in [6.45, 7) is 9.11. The second-order valence-corrected chi connectivity index (χ2v) is 11.3. The number of piperidine rings is 1. The lowest BCUT2D eigenvalue weighted by molar-refractivity contribution is -0.137. The Morgan fingerprint density at radius 2 is 1.66 bits per heavy atom. The van der Waals surface area contributed by atoms with Crippen molar-refractivity contribution >= 4 is 17.8 Å². The fraction of sp³-hybridized carbons (Fsp3) is 0.556. The number of carbonyl (C=O) groups excluding carboxylic acids is 2. The molecular weight excluding hydrogens is 484 g/mol. The predicted octanol–water partition coefficient (Wildman–Crippen LogP) is 0.325. The van der Waals surface area contributed by atoms with Gasteiger partial charge in [-0.3, -0.25) is 14.7 Å². The number of anilines is 1. The number of hydrogen-bond donors (Lipinski definition) is 3. The molecule has 204 valence electrons. The van der Waals surface area contributed by atoms with Gasteiger partial charge < -0.3 is 26.2 Å². The van der Waals surface area contributed by atoms with E-state index in [-0.39, 0.29) is 17.8 Å². The molecule has 3 aliphatic rings. The molecule has 0 radical (unpaired) electrons. The monoisotopic (exact) mass is 522 g/mol. The highest BCUT2D eigenvalue weighted by Crippen LogP contribution is 2.50. The zero-order chi connectivity index (χ0) is 27.0. The highest BCUT2D eigenvalue weighted by molar-refractivity contribution is 5.89. The van der Waals surface area contributed by atoms with Gasteiger partial charge in [0.2, 0.25) is 5.91 Å². The summed E-state index contributed by atoms with van der Waals surface area (Å²) in [6, 6.07) is 9.20. The molecule has 1 aromatic carbocycles. The van der Waals surface area contributed by atoms with Gasteiger partial charge in [-0.25, -0.2) is 9.59 Å². The summed E-state index contributed by atoms with van der Waals surface area (Å²) in [4.78, 5) is 47.6. The van der Waals surface area contributed by atoms with E-state index in [1.165, 1.54) is 10.1 Å². The number of nitrogens with two attached hydrogens (primary N) is 2. The van der Waals surface area contributed by atoms with E-state index < -0.39 is 11.2 Å². The summed E-state index contributed by atoms with van der Waals surface area (Å²) < 4.78 is 1.46.